The molecule has 3 N–H and O–H groups in total. The second-order valence-electron chi connectivity index (χ2n) is 8.60. The van der Waals surface area contributed by atoms with Crippen molar-refractivity contribution in [2.24, 2.45) is 11.7 Å². The van der Waals surface area contributed by atoms with Gasteiger partial charge in [-0.2, -0.15) is 0 Å². The highest BCUT2D eigenvalue weighted by Crippen LogP contribution is 2.40. The Morgan fingerprint density at radius 1 is 1.07 bits per heavy atom. The molecule has 0 bridgehead atoms. The summed E-state index contributed by atoms with van der Waals surface area (Å²) in [6.45, 7) is 1.64. The molecule has 2 aliphatic rings. The zero-order valence-electron chi connectivity index (χ0n) is 16.1. The van der Waals surface area contributed by atoms with E-state index in [-0.39, 0.29) is 12.1 Å². The molecule has 2 aromatic rings. The Morgan fingerprint density at radius 2 is 1.93 bits per heavy atom. The van der Waals surface area contributed by atoms with Gasteiger partial charge in [0.2, 0.25) is 0 Å². The number of hydrogen-bond donors (Lipinski definition) is 2. The lowest BCUT2D eigenvalue weighted by molar-refractivity contribution is 0.0823. The van der Waals surface area contributed by atoms with Gasteiger partial charge in [-0.1, -0.05) is 48.5 Å². The van der Waals surface area contributed by atoms with Crippen molar-refractivity contribution in [1.29, 1.82) is 0 Å². The summed E-state index contributed by atoms with van der Waals surface area (Å²) < 4.78 is 5.98. The van der Waals surface area contributed by atoms with Crippen LogP contribution in [0.15, 0.2) is 48.5 Å². The predicted octanol–water partition coefficient (Wildman–Crippen LogP) is 3.97. The van der Waals surface area contributed by atoms with Gasteiger partial charge in [0, 0.05) is 5.54 Å². The van der Waals surface area contributed by atoms with E-state index in [4.69, 9.17) is 10.5 Å². The van der Waals surface area contributed by atoms with E-state index in [0.29, 0.717) is 18.4 Å². The van der Waals surface area contributed by atoms with Gasteiger partial charge in [0.05, 0.1) is 19.8 Å². The SMILES string of the molecule is N[C@@]1(CO)CC[C@H](c2ccc3c(c2)CC[C@@H](COCc2ccccc2)C3)C1. The van der Waals surface area contributed by atoms with Crippen LogP contribution in [0, 0.1) is 5.92 Å². The van der Waals surface area contributed by atoms with Crippen molar-refractivity contribution >= 4 is 0 Å². The smallest absolute Gasteiger partial charge is 0.0717 e. The quantitative estimate of drug-likeness (QED) is 0.814. The van der Waals surface area contributed by atoms with Crippen LogP contribution in [0.4, 0.5) is 0 Å². The third-order valence-corrected chi connectivity index (χ3v) is 6.46. The minimum atomic E-state index is -0.373. The van der Waals surface area contributed by atoms with Crippen LogP contribution < -0.4 is 5.73 Å². The van der Waals surface area contributed by atoms with Crippen LogP contribution in [0.3, 0.4) is 0 Å². The fourth-order valence-electron chi connectivity index (χ4n) is 4.75. The summed E-state index contributed by atoms with van der Waals surface area (Å²) in [7, 11) is 0. The number of aryl methyl sites for hydroxylation is 1. The summed E-state index contributed by atoms with van der Waals surface area (Å²) >= 11 is 0. The van der Waals surface area contributed by atoms with Crippen LogP contribution in [-0.4, -0.2) is 23.9 Å². The second-order valence-corrected chi connectivity index (χ2v) is 8.60. The molecular formula is C24H31NO2. The zero-order valence-corrected chi connectivity index (χ0v) is 16.1. The molecule has 0 amide bonds. The molecule has 144 valence electrons. The fraction of sp³-hybridized carbons (Fsp3) is 0.500. The lowest BCUT2D eigenvalue weighted by Gasteiger charge is -2.26. The Morgan fingerprint density at radius 3 is 2.70 bits per heavy atom. The Hall–Kier alpha value is -1.68. The van der Waals surface area contributed by atoms with Gasteiger partial charge in [0.1, 0.15) is 0 Å². The first-order chi connectivity index (χ1) is 13.1. The maximum Gasteiger partial charge on any atom is 0.0717 e. The molecule has 1 saturated carbocycles. The molecule has 0 aliphatic heterocycles. The molecule has 2 aliphatic carbocycles. The fourth-order valence-corrected chi connectivity index (χ4v) is 4.75. The standard InChI is InChI=1S/C24H31NO2/c25-24(17-26)11-10-23(14-24)22-9-8-20-12-19(6-7-21(20)13-22)16-27-15-18-4-2-1-3-5-18/h1-5,8-9,13,19,23,26H,6-7,10-12,14-17,25H2/t19-,23+,24+/m1/s1. The average Bonchev–Trinajstić information content (AvgIpc) is 3.11. The van der Waals surface area contributed by atoms with Gasteiger partial charge in [-0.15, -0.1) is 0 Å². The zero-order chi connectivity index (χ0) is 18.7. The van der Waals surface area contributed by atoms with Gasteiger partial charge in [-0.3, -0.25) is 0 Å². The molecule has 2 aromatic carbocycles. The van der Waals surface area contributed by atoms with Gasteiger partial charge in [0.25, 0.3) is 0 Å². The van der Waals surface area contributed by atoms with E-state index in [0.717, 1.165) is 38.7 Å². The second kappa shape index (κ2) is 8.14. The van der Waals surface area contributed by atoms with E-state index in [9.17, 15) is 5.11 Å². The summed E-state index contributed by atoms with van der Waals surface area (Å²) in [6.07, 6.45) is 6.37. The molecule has 0 heterocycles. The van der Waals surface area contributed by atoms with Gasteiger partial charge in [-0.25, -0.2) is 0 Å². The Bertz CT molecular complexity index is 760. The highest BCUT2D eigenvalue weighted by Gasteiger charge is 2.36. The van der Waals surface area contributed by atoms with Crippen LogP contribution in [0.1, 0.15) is 53.9 Å². The summed E-state index contributed by atoms with van der Waals surface area (Å²) in [6, 6.07) is 17.4. The maximum atomic E-state index is 9.52. The molecule has 0 radical (unpaired) electrons. The van der Waals surface area contributed by atoms with E-state index >= 15 is 0 Å². The number of aliphatic hydroxyl groups excluding tert-OH is 1. The molecule has 3 nitrogen and oxygen atoms in total. The van der Waals surface area contributed by atoms with Crippen LogP contribution in [0.2, 0.25) is 0 Å². The van der Waals surface area contributed by atoms with Crippen LogP contribution in [0.25, 0.3) is 0 Å². The van der Waals surface area contributed by atoms with Crippen molar-refractivity contribution in [3.63, 3.8) is 0 Å². The summed E-state index contributed by atoms with van der Waals surface area (Å²) in [5.74, 6) is 1.11. The van der Waals surface area contributed by atoms with Crippen molar-refractivity contribution in [2.75, 3.05) is 13.2 Å². The minimum absolute atomic E-state index is 0.0963. The molecule has 0 unspecified atom stereocenters. The third kappa shape index (κ3) is 4.43. The van der Waals surface area contributed by atoms with Crippen molar-refractivity contribution in [3.8, 4) is 0 Å². The number of hydrogen-bond acceptors (Lipinski definition) is 3. The van der Waals surface area contributed by atoms with Crippen molar-refractivity contribution in [1.82, 2.24) is 0 Å². The number of fused-ring (bicyclic) bond motifs is 1. The van der Waals surface area contributed by atoms with Crippen molar-refractivity contribution < 1.29 is 9.84 Å². The molecule has 0 spiro atoms. The van der Waals surface area contributed by atoms with E-state index < -0.39 is 0 Å². The van der Waals surface area contributed by atoms with Gasteiger partial charge in [-0.05, 0) is 72.6 Å². The molecule has 4 rings (SSSR count). The van der Waals surface area contributed by atoms with Gasteiger partial charge >= 0.3 is 0 Å². The number of benzene rings is 2. The predicted molar refractivity (Wildman–Crippen MR) is 109 cm³/mol. The Kier molecular flexibility index (Phi) is 5.63. The number of nitrogens with two attached hydrogens (primary N) is 1. The average molecular weight is 366 g/mol. The first-order valence-corrected chi connectivity index (χ1v) is 10.3. The normalized spacial score (nSPS) is 27.5. The topological polar surface area (TPSA) is 55.5 Å². The first kappa shape index (κ1) is 18.7. The van der Waals surface area contributed by atoms with Gasteiger partial charge in [0.15, 0.2) is 0 Å². The third-order valence-electron chi connectivity index (χ3n) is 6.46. The number of ether oxygens (including phenoxy) is 1. The monoisotopic (exact) mass is 365 g/mol. The lowest BCUT2D eigenvalue weighted by Crippen LogP contribution is -2.40. The highest BCUT2D eigenvalue weighted by molar-refractivity contribution is 5.36. The molecule has 3 heteroatoms. The largest absolute Gasteiger partial charge is 0.394 e. The van der Waals surface area contributed by atoms with E-state index in [1.54, 1.807) is 0 Å². The summed E-state index contributed by atoms with van der Waals surface area (Å²) in [4.78, 5) is 0. The number of rotatable bonds is 6. The van der Waals surface area contributed by atoms with Crippen molar-refractivity contribution in [2.45, 2.75) is 56.6 Å². The Labute approximate surface area is 162 Å². The lowest BCUT2D eigenvalue weighted by atomic mass is 9.82. The first-order valence-electron chi connectivity index (χ1n) is 10.3. The molecule has 0 aromatic heterocycles. The molecule has 0 saturated heterocycles. The number of aliphatic hydroxyl groups is 1. The van der Waals surface area contributed by atoms with Gasteiger partial charge < -0.3 is 15.6 Å². The van der Waals surface area contributed by atoms with Crippen LogP contribution >= 0.6 is 0 Å². The summed E-state index contributed by atoms with van der Waals surface area (Å²) in [5, 5.41) is 9.52. The van der Waals surface area contributed by atoms with E-state index in [1.165, 1.54) is 28.7 Å². The van der Waals surface area contributed by atoms with Crippen LogP contribution in [0.5, 0.6) is 0 Å². The maximum absolute atomic E-state index is 9.52. The molecule has 3 atom stereocenters. The summed E-state index contributed by atoms with van der Waals surface area (Å²) in [5.41, 5.74) is 11.5. The van der Waals surface area contributed by atoms with Crippen molar-refractivity contribution in [3.05, 3.63) is 70.8 Å². The Balaban J connectivity index is 1.33. The minimum Gasteiger partial charge on any atom is -0.394 e. The molecule has 27 heavy (non-hydrogen) atoms. The molecule has 1 fully saturated rings. The highest BCUT2D eigenvalue weighted by atomic mass is 16.5. The molecular weight excluding hydrogens is 334 g/mol. The van der Waals surface area contributed by atoms with E-state index in [1.807, 2.05) is 6.07 Å². The van der Waals surface area contributed by atoms with Crippen LogP contribution in [-0.2, 0) is 24.2 Å². The van der Waals surface area contributed by atoms with E-state index in [2.05, 4.69) is 42.5 Å².